The molecule has 6 nitrogen and oxygen atoms in total. The van der Waals surface area contributed by atoms with Crippen LogP contribution < -0.4 is 15.6 Å². The zero-order chi connectivity index (χ0) is 15.1. The third-order valence-electron chi connectivity index (χ3n) is 2.23. The quantitative estimate of drug-likeness (QED) is 0.822. The molecule has 0 aliphatic rings. The van der Waals surface area contributed by atoms with Crippen LogP contribution in [-0.4, -0.2) is 25.7 Å². The van der Waals surface area contributed by atoms with E-state index in [0.29, 0.717) is 28.3 Å². The summed E-state index contributed by atoms with van der Waals surface area (Å²) < 4.78 is 10.6. The van der Waals surface area contributed by atoms with Gasteiger partial charge in [-0.05, 0) is 40.0 Å². The van der Waals surface area contributed by atoms with Crippen LogP contribution in [0.5, 0.6) is 5.75 Å². The van der Waals surface area contributed by atoms with Gasteiger partial charge < -0.3 is 9.47 Å². The highest BCUT2D eigenvalue weighted by Gasteiger charge is 2.10. The molecule has 110 valence electrons. The molecule has 0 saturated heterocycles. The second kappa shape index (κ2) is 7.74. The summed E-state index contributed by atoms with van der Waals surface area (Å²) in [6.45, 7) is 4.69. The van der Waals surface area contributed by atoms with E-state index in [2.05, 4.69) is 31.5 Å². The number of nitrogens with one attached hydrogen (secondary N) is 2. The molecular formula is C13H17BrN2O4. The number of ether oxygens (including phenoxy) is 2. The number of carbonyl (C=O) groups is 2. The standard InChI is InChI=1S/C13H17BrN2O4/c1-8(2)7-20-11-5-4-9(6-10(11)14)12(17)15-16-13(18)19-3/h4-6,8H,7H2,1-3H3,(H,15,17)(H,16,18). The van der Waals surface area contributed by atoms with Crippen molar-refractivity contribution in [3.8, 4) is 5.75 Å². The molecule has 0 saturated carbocycles. The lowest BCUT2D eigenvalue weighted by molar-refractivity contribution is 0.0920. The van der Waals surface area contributed by atoms with Gasteiger partial charge in [0.15, 0.2) is 0 Å². The molecule has 0 bridgehead atoms. The molecule has 0 unspecified atom stereocenters. The number of hydrazine groups is 1. The zero-order valence-corrected chi connectivity index (χ0v) is 13.1. The van der Waals surface area contributed by atoms with Gasteiger partial charge in [-0.1, -0.05) is 13.8 Å². The van der Waals surface area contributed by atoms with Gasteiger partial charge in [0, 0.05) is 5.56 Å². The van der Waals surface area contributed by atoms with Crippen LogP contribution in [0.2, 0.25) is 0 Å². The summed E-state index contributed by atoms with van der Waals surface area (Å²) in [5.41, 5.74) is 4.70. The molecule has 0 radical (unpaired) electrons. The van der Waals surface area contributed by atoms with Gasteiger partial charge in [-0.2, -0.15) is 0 Å². The Hall–Kier alpha value is -1.76. The van der Waals surface area contributed by atoms with Crippen molar-refractivity contribution in [1.29, 1.82) is 0 Å². The number of methoxy groups -OCH3 is 1. The van der Waals surface area contributed by atoms with E-state index in [4.69, 9.17) is 4.74 Å². The van der Waals surface area contributed by atoms with Crippen LogP contribution in [0.15, 0.2) is 22.7 Å². The highest BCUT2D eigenvalue weighted by molar-refractivity contribution is 9.10. The molecule has 1 rings (SSSR count). The molecule has 2 N–H and O–H groups in total. The van der Waals surface area contributed by atoms with Crippen molar-refractivity contribution < 1.29 is 19.1 Å². The predicted molar refractivity (Wildman–Crippen MR) is 77.5 cm³/mol. The van der Waals surface area contributed by atoms with Gasteiger partial charge in [0.1, 0.15) is 5.75 Å². The van der Waals surface area contributed by atoms with E-state index in [1.54, 1.807) is 18.2 Å². The number of halogens is 1. The van der Waals surface area contributed by atoms with Crippen molar-refractivity contribution >= 4 is 27.9 Å². The highest BCUT2D eigenvalue weighted by Crippen LogP contribution is 2.26. The first kappa shape index (κ1) is 16.3. The molecule has 0 atom stereocenters. The van der Waals surface area contributed by atoms with Crippen LogP contribution in [0.4, 0.5) is 4.79 Å². The molecule has 20 heavy (non-hydrogen) atoms. The summed E-state index contributed by atoms with van der Waals surface area (Å²) in [6.07, 6.45) is -0.741. The van der Waals surface area contributed by atoms with Gasteiger partial charge in [0.25, 0.3) is 5.91 Å². The Balaban J connectivity index is 2.66. The smallest absolute Gasteiger partial charge is 0.425 e. The van der Waals surface area contributed by atoms with Gasteiger partial charge >= 0.3 is 6.09 Å². The second-order valence-corrected chi connectivity index (χ2v) is 5.28. The molecule has 7 heteroatoms. The van der Waals surface area contributed by atoms with Crippen molar-refractivity contribution in [2.45, 2.75) is 13.8 Å². The Morgan fingerprint density at radius 1 is 1.30 bits per heavy atom. The van der Waals surface area contributed by atoms with E-state index in [9.17, 15) is 9.59 Å². The Labute approximate surface area is 125 Å². The van der Waals surface area contributed by atoms with E-state index in [-0.39, 0.29) is 0 Å². The van der Waals surface area contributed by atoms with E-state index in [1.165, 1.54) is 7.11 Å². The maximum absolute atomic E-state index is 11.8. The molecule has 0 spiro atoms. The van der Waals surface area contributed by atoms with Gasteiger partial charge in [0.05, 0.1) is 18.2 Å². The van der Waals surface area contributed by atoms with Crippen molar-refractivity contribution in [2.75, 3.05) is 13.7 Å². The minimum Gasteiger partial charge on any atom is -0.492 e. The molecule has 0 aliphatic heterocycles. The van der Waals surface area contributed by atoms with Crippen LogP contribution in [0.1, 0.15) is 24.2 Å². The highest BCUT2D eigenvalue weighted by atomic mass is 79.9. The molecule has 0 fully saturated rings. The van der Waals surface area contributed by atoms with Crippen LogP contribution in [0.25, 0.3) is 0 Å². The fourth-order valence-corrected chi connectivity index (χ4v) is 1.74. The van der Waals surface area contributed by atoms with Crippen LogP contribution >= 0.6 is 15.9 Å². The summed E-state index contributed by atoms with van der Waals surface area (Å²) in [5.74, 6) is 0.622. The van der Waals surface area contributed by atoms with Crippen LogP contribution in [0.3, 0.4) is 0 Å². The third kappa shape index (κ3) is 5.08. The minimum atomic E-state index is -0.741. The van der Waals surface area contributed by atoms with Gasteiger partial charge in [-0.3, -0.25) is 10.2 Å². The zero-order valence-electron chi connectivity index (χ0n) is 11.5. The van der Waals surface area contributed by atoms with Crippen molar-refractivity contribution in [3.05, 3.63) is 28.2 Å². The summed E-state index contributed by atoms with van der Waals surface area (Å²) in [7, 11) is 1.21. The minimum absolute atomic E-state index is 0.380. The topological polar surface area (TPSA) is 76.7 Å². The molecule has 1 aromatic carbocycles. The Kier molecular flexibility index (Phi) is 6.30. The lowest BCUT2D eigenvalue weighted by atomic mass is 10.2. The average molecular weight is 345 g/mol. The maximum atomic E-state index is 11.8. The first-order chi connectivity index (χ1) is 9.43. The van der Waals surface area contributed by atoms with Gasteiger partial charge in [-0.25, -0.2) is 10.2 Å². The van der Waals surface area contributed by atoms with Crippen LogP contribution in [-0.2, 0) is 4.74 Å². The van der Waals surface area contributed by atoms with Gasteiger partial charge in [0.2, 0.25) is 0 Å². The Bertz CT molecular complexity index is 491. The summed E-state index contributed by atoms with van der Waals surface area (Å²) >= 11 is 3.34. The number of hydrogen-bond acceptors (Lipinski definition) is 4. The first-order valence-electron chi connectivity index (χ1n) is 6.00. The summed E-state index contributed by atoms with van der Waals surface area (Å²) in [4.78, 5) is 22.6. The number of hydrogen-bond donors (Lipinski definition) is 2. The van der Waals surface area contributed by atoms with Crippen molar-refractivity contribution in [1.82, 2.24) is 10.9 Å². The van der Waals surface area contributed by atoms with Crippen LogP contribution in [0, 0.1) is 5.92 Å². The largest absolute Gasteiger partial charge is 0.492 e. The monoisotopic (exact) mass is 344 g/mol. The predicted octanol–water partition coefficient (Wildman–Crippen LogP) is 2.48. The molecule has 2 amide bonds. The number of amides is 2. The number of carbonyl (C=O) groups excluding carboxylic acids is 2. The number of rotatable bonds is 4. The summed E-state index contributed by atoms with van der Waals surface area (Å²) in [6, 6.07) is 4.91. The lowest BCUT2D eigenvalue weighted by Crippen LogP contribution is -2.41. The molecule has 0 heterocycles. The van der Waals surface area contributed by atoms with Crippen molar-refractivity contribution in [3.63, 3.8) is 0 Å². The average Bonchev–Trinajstić information content (AvgIpc) is 2.42. The van der Waals surface area contributed by atoms with Crippen molar-refractivity contribution in [2.24, 2.45) is 5.92 Å². The normalized spacial score (nSPS) is 10.1. The first-order valence-corrected chi connectivity index (χ1v) is 6.80. The molecule has 0 aromatic heterocycles. The fourth-order valence-electron chi connectivity index (χ4n) is 1.25. The third-order valence-corrected chi connectivity index (χ3v) is 2.85. The fraction of sp³-hybridized carbons (Fsp3) is 0.385. The van der Waals surface area contributed by atoms with E-state index in [0.717, 1.165) is 0 Å². The molecular weight excluding hydrogens is 328 g/mol. The van der Waals surface area contributed by atoms with Gasteiger partial charge in [-0.15, -0.1) is 0 Å². The molecule has 0 aliphatic carbocycles. The van der Waals surface area contributed by atoms with E-state index in [1.807, 2.05) is 13.8 Å². The lowest BCUT2D eigenvalue weighted by Gasteiger charge is -2.11. The number of benzene rings is 1. The maximum Gasteiger partial charge on any atom is 0.425 e. The van der Waals surface area contributed by atoms with E-state index < -0.39 is 12.0 Å². The SMILES string of the molecule is COC(=O)NNC(=O)c1ccc(OCC(C)C)c(Br)c1. The Morgan fingerprint density at radius 2 is 2.00 bits per heavy atom. The Morgan fingerprint density at radius 3 is 2.55 bits per heavy atom. The summed E-state index contributed by atoms with van der Waals surface area (Å²) in [5, 5.41) is 0. The van der Waals surface area contributed by atoms with E-state index >= 15 is 0 Å². The second-order valence-electron chi connectivity index (χ2n) is 4.42. The molecule has 1 aromatic rings.